The van der Waals surface area contributed by atoms with Crippen LogP contribution >= 0.6 is 0 Å². The molecule has 54 heavy (non-hydrogen) atoms. The van der Waals surface area contributed by atoms with E-state index in [1.54, 1.807) is 33.8 Å². The van der Waals surface area contributed by atoms with E-state index in [2.05, 4.69) is 5.32 Å². The zero-order chi connectivity index (χ0) is 40.9. The Morgan fingerprint density at radius 2 is 1.41 bits per heavy atom. The number of phenolic OH excluding ortho intramolecular Hbond substituents is 2. The van der Waals surface area contributed by atoms with Crippen molar-refractivity contribution >= 4 is 0 Å². The van der Waals surface area contributed by atoms with Crippen LogP contribution in [0.15, 0.2) is 18.2 Å². The molecule has 1 saturated carbocycles. The second-order valence-corrected chi connectivity index (χ2v) is 17.5. The van der Waals surface area contributed by atoms with Crippen LogP contribution < -0.4 is 16.8 Å². The van der Waals surface area contributed by atoms with Crippen LogP contribution in [-0.2, 0) is 25.5 Å². The number of benzene rings is 1. The predicted octanol–water partition coefficient (Wildman–Crippen LogP) is -2.25. The maximum Gasteiger partial charge on any atom is 0.173 e. The molecule has 0 spiro atoms. The summed E-state index contributed by atoms with van der Waals surface area (Å²) in [5, 5.41) is 111. The van der Waals surface area contributed by atoms with Crippen molar-refractivity contribution in [2.45, 2.75) is 127 Å². The number of aliphatic hydroxyl groups is 8. The summed E-state index contributed by atoms with van der Waals surface area (Å²) in [7, 11) is 0. The van der Waals surface area contributed by atoms with Crippen molar-refractivity contribution in [3.05, 3.63) is 23.8 Å². The number of aromatic hydroxyl groups is 2. The van der Waals surface area contributed by atoms with Crippen molar-refractivity contribution in [1.29, 1.82) is 0 Å². The molecule has 17 nitrogen and oxygen atoms in total. The highest BCUT2D eigenvalue weighted by atomic mass is 16.6. The van der Waals surface area contributed by atoms with E-state index in [-0.39, 0.29) is 57.5 Å². The van der Waals surface area contributed by atoms with Gasteiger partial charge in [0.05, 0.1) is 69.0 Å². The number of hydrogen-bond acceptors (Lipinski definition) is 17. The number of rotatable bonds is 14. The van der Waals surface area contributed by atoms with Crippen LogP contribution in [0.25, 0.3) is 0 Å². The van der Waals surface area contributed by atoms with Gasteiger partial charge in [0.15, 0.2) is 17.8 Å². The van der Waals surface area contributed by atoms with E-state index in [9.17, 15) is 51.1 Å². The first-order valence-corrected chi connectivity index (χ1v) is 18.4. The summed E-state index contributed by atoms with van der Waals surface area (Å²) >= 11 is 0. The van der Waals surface area contributed by atoms with E-state index in [0.717, 1.165) is 0 Å². The lowest BCUT2D eigenvalue weighted by molar-refractivity contribution is -0.304. The Morgan fingerprint density at radius 3 is 1.98 bits per heavy atom. The molecule has 3 fully saturated rings. The Kier molecular flexibility index (Phi) is 13.2. The van der Waals surface area contributed by atoms with Crippen LogP contribution in [0.1, 0.15) is 60.5 Å². The normalized spacial score (nSPS) is 47.1. The van der Waals surface area contributed by atoms with Crippen molar-refractivity contribution in [2.24, 2.45) is 33.6 Å². The zero-order valence-electron chi connectivity index (χ0n) is 32.5. The molecule has 4 rings (SSSR count). The fraction of sp³-hybridized carbons (Fsp3) is 0.838. The minimum absolute atomic E-state index is 0.0303. The van der Waals surface area contributed by atoms with Gasteiger partial charge in [-0.05, 0) is 57.7 Å². The van der Waals surface area contributed by atoms with Gasteiger partial charge in [0.25, 0.3) is 0 Å². The fourth-order valence-corrected chi connectivity index (χ4v) is 9.10. The molecule has 1 aromatic carbocycles. The van der Waals surface area contributed by atoms with Gasteiger partial charge < -0.3 is 86.8 Å². The van der Waals surface area contributed by atoms with Crippen molar-refractivity contribution < 1.29 is 70.0 Å². The molecular weight excluding hydrogens is 710 g/mol. The van der Waals surface area contributed by atoms with E-state index < -0.39 is 101 Å². The fourth-order valence-electron chi connectivity index (χ4n) is 9.10. The Labute approximate surface area is 316 Å². The molecule has 15 atom stereocenters. The maximum absolute atomic E-state index is 12.7. The van der Waals surface area contributed by atoms with E-state index >= 15 is 0 Å². The number of phenols is 2. The molecule has 1 aliphatic carbocycles. The number of aliphatic hydroxyl groups excluding tert-OH is 5. The van der Waals surface area contributed by atoms with Gasteiger partial charge in [-0.3, -0.25) is 0 Å². The second kappa shape index (κ2) is 15.9. The number of hydrogen-bond donors (Lipinski definition) is 13. The molecule has 17 heteroatoms. The molecule has 2 heterocycles. The first kappa shape index (κ1) is 44.9. The van der Waals surface area contributed by atoms with E-state index in [0.29, 0.717) is 5.56 Å². The minimum atomic E-state index is -1.83. The molecule has 0 amide bonds. The topological polar surface area (TPSA) is 303 Å². The number of nitrogens with two attached hydrogens (primary N) is 2. The van der Waals surface area contributed by atoms with E-state index in [1.165, 1.54) is 26.0 Å². The third-order valence-electron chi connectivity index (χ3n) is 13.6. The average molecular weight is 776 g/mol. The molecule has 1 aromatic rings. The van der Waals surface area contributed by atoms with Crippen molar-refractivity contribution in [2.75, 3.05) is 46.2 Å². The third-order valence-corrected chi connectivity index (χ3v) is 13.6. The summed E-state index contributed by atoms with van der Waals surface area (Å²) in [4.78, 5) is 0. The SMILES string of the molecule is CC1(COCC2(C)C(CO)OC(O)C(N)[C@]2(C)O)CC(CO)C(C)(COCC2(C)OC(CO)C(O)[C@@](C)(O)C2N)[C@@](C)(O)C1NCc1ccc(O)c(O)c1. The van der Waals surface area contributed by atoms with Gasteiger partial charge in [0.1, 0.15) is 23.4 Å². The monoisotopic (exact) mass is 775 g/mol. The first-order valence-electron chi connectivity index (χ1n) is 18.4. The molecule has 0 radical (unpaired) electrons. The summed E-state index contributed by atoms with van der Waals surface area (Å²) in [5.41, 5.74) is 3.13. The zero-order valence-corrected chi connectivity index (χ0v) is 32.5. The van der Waals surface area contributed by atoms with Gasteiger partial charge in [0, 0.05) is 35.4 Å². The maximum atomic E-state index is 12.7. The Morgan fingerprint density at radius 1 is 0.796 bits per heavy atom. The summed E-state index contributed by atoms with van der Waals surface area (Å²) in [6.07, 6.45) is -4.87. The highest BCUT2D eigenvalue weighted by Gasteiger charge is 2.64. The van der Waals surface area contributed by atoms with Crippen LogP contribution in [0.5, 0.6) is 11.5 Å². The van der Waals surface area contributed by atoms with Crippen LogP contribution in [0, 0.1) is 22.2 Å². The lowest BCUT2D eigenvalue weighted by Crippen LogP contribution is -2.74. The molecule has 0 bridgehead atoms. The predicted molar refractivity (Wildman–Crippen MR) is 194 cm³/mol. The molecule has 312 valence electrons. The molecule has 12 unspecified atom stereocenters. The van der Waals surface area contributed by atoms with Gasteiger partial charge in [-0.1, -0.05) is 26.8 Å². The minimum Gasteiger partial charge on any atom is -0.504 e. The van der Waals surface area contributed by atoms with Gasteiger partial charge in [-0.2, -0.15) is 0 Å². The third kappa shape index (κ3) is 7.64. The van der Waals surface area contributed by atoms with Crippen LogP contribution in [-0.4, -0.2) is 162 Å². The number of ether oxygens (including phenoxy) is 4. The summed E-state index contributed by atoms with van der Waals surface area (Å²) in [5.74, 6) is -1.21. The van der Waals surface area contributed by atoms with Gasteiger partial charge in [-0.15, -0.1) is 0 Å². The largest absolute Gasteiger partial charge is 0.504 e. The standard InChI is InChI=1S/C37H65N3O14/c1-31(16-51-18-33(3)25(15-43)53-28(47)26(38)36(33,6)49)11-21(13-41)32(2,37(7,50)30(31)40-12-20-8-9-22(44)23(45)10-20)17-52-19-34(4)29(39)35(5,48)27(46)24(14-42)54-34/h8-10,21,24-30,40-50H,11-19,38-39H2,1-7H3/t21?,24?,25?,26?,27?,28?,29?,30?,31?,32?,33?,34?,35-,36+,37+/m1/s1. The molecule has 0 aromatic heterocycles. The average Bonchev–Trinajstić information content (AvgIpc) is 3.10. The smallest absolute Gasteiger partial charge is 0.173 e. The van der Waals surface area contributed by atoms with Crippen LogP contribution in [0.3, 0.4) is 0 Å². The number of nitrogens with one attached hydrogen (secondary N) is 1. The van der Waals surface area contributed by atoms with E-state index in [1.807, 2.05) is 6.92 Å². The Balaban J connectivity index is 1.64. The van der Waals surface area contributed by atoms with E-state index in [4.69, 9.17) is 30.4 Å². The molecule has 3 aliphatic rings. The molecule has 2 saturated heterocycles. The quantitative estimate of drug-likeness (QED) is 0.0888. The highest BCUT2D eigenvalue weighted by molar-refractivity contribution is 5.40. The molecular formula is C37H65N3O14. The Hall–Kier alpha value is -1.78. The van der Waals surface area contributed by atoms with Gasteiger partial charge in [-0.25, -0.2) is 0 Å². The molecule has 2 aliphatic heterocycles. The lowest BCUT2D eigenvalue weighted by atomic mass is 9.50. The summed E-state index contributed by atoms with van der Waals surface area (Å²) in [6.45, 7) is 9.47. The Bertz CT molecular complexity index is 1440. The highest BCUT2D eigenvalue weighted by Crippen LogP contribution is 2.55. The molecule has 15 N–H and O–H groups in total. The first-order chi connectivity index (χ1) is 24.8. The lowest BCUT2D eigenvalue weighted by Gasteiger charge is -2.62. The van der Waals surface area contributed by atoms with Gasteiger partial charge in [0.2, 0.25) is 0 Å². The van der Waals surface area contributed by atoms with Crippen LogP contribution in [0.2, 0.25) is 0 Å². The van der Waals surface area contributed by atoms with Crippen molar-refractivity contribution in [1.82, 2.24) is 5.32 Å². The summed E-state index contributed by atoms with van der Waals surface area (Å²) < 4.78 is 24.1. The second-order valence-electron chi connectivity index (χ2n) is 17.5. The summed E-state index contributed by atoms with van der Waals surface area (Å²) in [6, 6.07) is 1.21. The van der Waals surface area contributed by atoms with Crippen molar-refractivity contribution in [3.63, 3.8) is 0 Å². The van der Waals surface area contributed by atoms with Crippen molar-refractivity contribution in [3.8, 4) is 11.5 Å². The van der Waals surface area contributed by atoms with Gasteiger partial charge >= 0.3 is 0 Å². The van der Waals surface area contributed by atoms with Crippen LogP contribution in [0.4, 0.5) is 0 Å².